The van der Waals surface area contributed by atoms with Crippen LogP contribution in [-0.4, -0.2) is 6.21 Å². The number of para-hydroxylation sites is 1. The third kappa shape index (κ3) is 2.09. The maximum atomic E-state index is 4.31. The molecule has 0 radical (unpaired) electrons. The van der Waals surface area contributed by atoms with E-state index in [0.29, 0.717) is 0 Å². The van der Waals surface area contributed by atoms with Gasteiger partial charge in [-0.2, -0.15) is 0 Å². The van der Waals surface area contributed by atoms with Crippen molar-refractivity contribution >= 4 is 11.9 Å². The second kappa shape index (κ2) is 3.54. The van der Waals surface area contributed by atoms with Crippen LogP contribution in [-0.2, 0) is 0 Å². The zero-order chi connectivity index (χ0) is 10.9. The predicted molar refractivity (Wildman–Crippen MR) is 65.2 cm³/mol. The molecule has 1 N–H and O–H groups in total. The highest BCUT2D eigenvalue weighted by Gasteiger charge is 2.18. The van der Waals surface area contributed by atoms with Gasteiger partial charge in [-0.05, 0) is 6.07 Å². The van der Waals surface area contributed by atoms with Crippen molar-refractivity contribution in [3.8, 4) is 0 Å². The Morgan fingerprint density at radius 2 is 1.87 bits per heavy atom. The summed E-state index contributed by atoms with van der Waals surface area (Å²) in [4.78, 5) is 4.31. The molecule has 0 aliphatic carbocycles. The van der Waals surface area contributed by atoms with E-state index in [4.69, 9.17) is 0 Å². The maximum Gasteiger partial charge on any atom is 0.0471 e. The van der Waals surface area contributed by atoms with Crippen LogP contribution in [0.3, 0.4) is 0 Å². The average molecular weight is 200 g/mol. The third-order valence-corrected chi connectivity index (χ3v) is 2.46. The summed E-state index contributed by atoms with van der Waals surface area (Å²) >= 11 is 0. The third-order valence-electron chi connectivity index (χ3n) is 2.46. The lowest BCUT2D eigenvalue weighted by atomic mass is 9.92. The Kier molecular flexibility index (Phi) is 2.35. The minimum atomic E-state index is 0.0921. The number of hydrogen-bond donors (Lipinski definition) is 1. The molecule has 0 fully saturated rings. The summed E-state index contributed by atoms with van der Waals surface area (Å²) in [7, 11) is 0. The Balaban J connectivity index is 2.40. The second-order valence-corrected chi connectivity index (χ2v) is 4.78. The largest absolute Gasteiger partial charge is 0.357 e. The molecule has 1 aliphatic rings. The SMILES string of the molecule is CC(C)(C)C1=CN=Cc2ccccc2N1. The zero-order valence-electron chi connectivity index (χ0n) is 9.41. The van der Waals surface area contributed by atoms with Crippen molar-refractivity contribution in [3.05, 3.63) is 41.7 Å². The molecule has 78 valence electrons. The first-order valence-electron chi connectivity index (χ1n) is 5.17. The average Bonchev–Trinajstić information content (AvgIpc) is 2.38. The van der Waals surface area contributed by atoms with Crippen molar-refractivity contribution in [2.75, 3.05) is 5.32 Å². The van der Waals surface area contributed by atoms with Gasteiger partial charge < -0.3 is 5.32 Å². The highest BCUT2D eigenvalue weighted by atomic mass is 14.9. The number of aliphatic imine (C=N–C) groups is 1. The fourth-order valence-electron chi connectivity index (χ4n) is 1.47. The number of anilines is 1. The lowest BCUT2D eigenvalue weighted by Gasteiger charge is -2.23. The van der Waals surface area contributed by atoms with Gasteiger partial charge in [-0.15, -0.1) is 0 Å². The van der Waals surface area contributed by atoms with Crippen molar-refractivity contribution in [2.45, 2.75) is 20.8 Å². The monoisotopic (exact) mass is 200 g/mol. The van der Waals surface area contributed by atoms with Gasteiger partial charge >= 0.3 is 0 Å². The molecule has 1 heterocycles. The van der Waals surface area contributed by atoms with Crippen LogP contribution in [0.4, 0.5) is 5.69 Å². The summed E-state index contributed by atoms with van der Waals surface area (Å²) in [5.41, 5.74) is 3.49. The summed E-state index contributed by atoms with van der Waals surface area (Å²) < 4.78 is 0. The topological polar surface area (TPSA) is 24.4 Å². The van der Waals surface area contributed by atoms with Crippen molar-refractivity contribution in [1.29, 1.82) is 0 Å². The molecule has 0 saturated heterocycles. The van der Waals surface area contributed by atoms with Crippen LogP contribution in [0.25, 0.3) is 0 Å². The lowest BCUT2D eigenvalue weighted by molar-refractivity contribution is 0.506. The minimum Gasteiger partial charge on any atom is -0.357 e. The first-order valence-corrected chi connectivity index (χ1v) is 5.17. The van der Waals surface area contributed by atoms with Gasteiger partial charge in [0.15, 0.2) is 0 Å². The number of hydrogen-bond acceptors (Lipinski definition) is 2. The van der Waals surface area contributed by atoms with Gasteiger partial charge in [0.2, 0.25) is 0 Å². The van der Waals surface area contributed by atoms with Crippen molar-refractivity contribution in [1.82, 2.24) is 0 Å². The quantitative estimate of drug-likeness (QED) is 0.681. The van der Waals surface area contributed by atoms with Crippen LogP contribution in [0.5, 0.6) is 0 Å². The first-order chi connectivity index (χ1) is 7.07. The van der Waals surface area contributed by atoms with Gasteiger partial charge in [-0.25, -0.2) is 0 Å². The molecule has 0 unspecified atom stereocenters. The summed E-state index contributed by atoms with van der Waals surface area (Å²) in [6.45, 7) is 6.53. The Morgan fingerprint density at radius 3 is 2.60 bits per heavy atom. The van der Waals surface area contributed by atoms with Gasteiger partial charge in [0.1, 0.15) is 0 Å². The molecular formula is C13H16N2. The number of allylic oxidation sites excluding steroid dienone is 1. The Hall–Kier alpha value is -1.57. The standard InChI is InChI=1S/C13H16N2/c1-13(2,3)12-9-14-8-10-6-4-5-7-11(10)15-12/h4-9,15H,1-3H3. The molecule has 0 aromatic heterocycles. The van der Waals surface area contributed by atoms with E-state index in [9.17, 15) is 0 Å². The van der Waals surface area contributed by atoms with Gasteiger partial charge in [0.25, 0.3) is 0 Å². The molecule has 2 heteroatoms. The summed E-state index contributed by atoms with van der Waals surface area (Å²) in [6.07, 6.45) is 3.79. The highest BCUT2D eigenvalue weighted by Crippen LogP contribution is 2.29. The minimum absolute atomic E-state index is 0.0921. The molecule has 0 atom stereocenters. The van der Waals surface area contributed by atoms with Gasteiger partial charge in [-0.3, -0.25) is 4.99 Å². The Morgan fingerprint density at radius 1 is 1.13 bits per heavy atom. The number of fused-ring (bicyclic) bond motifs is 1. The predicted octanol–water partition coefficient (Wildman–Crippen LogP) is 3.42. The van der Waals surface area contributed by atoms with Gasteiger partial charge in [0, 0.05) is 34.8 Å². The van der Waals surface area contributed by atoms with Crippen LogP contribution in [0.1, 0.15) is 26.3 Å². The molecule has 1 aliphatic heterocycles. The smallest absolute Gasteiger partial charge is 0.0471 e. The van der Waals surface area contributed by atoms with E-state index in [1.165, 1.54) is 0 Å². The summed E-state index contributed by atoms with van der Waals surface area (Å²) in [5, 5.41) is 3.44. The van der Waals surface area contributed by atoms with E-state index < -0.39 is 0 Å². The van der Waals surface area contributed by atoms with E-state index in [1.54, 1.807) is 0 Å². The van der Waals surface area contributed by atoms with E-state index in [-0.39, 0.29) is 5.41 Å². The van der Waals surface area contributed by atoms with E-state index in [2.05, 4.69) is 43.2 Å². The number of rotatable bonds is 0. The number of nitrogens with one attached hydrogen (secondary N) is 1. The van der Waals surface area contributed by atoms with Crippen molar-refractivity contribution in [2.24, 2.45) is 10.4 Å². The molecule has 0 bridgehead atoms. The molecule has 2 rings (SSSR count). The molecule has 0 amide bonds. The van der Waals surface area contributed by atoms with Crippen LogP contribution in [0, 0.1) is 5.41 Å². The molecule has 0 saturated carbocycles. The molecule has 15 heavy (non-hydrogen) atoms. The van der Waals surface area contributed by atoms with Crippen LogP contribution >= 0.6 is 0 Å². The summed E-state index contributed by atoms with van der Waals surface area (Å²) in [6, 6.07) is 8.19. The molecular weight excluding hydrogens is 184 g/mol. The molecule has 1 aromatic rings. The second-order valence-electron chi connectivity index (χ2n) is 4.78. The molecule has 1 aromatic carbocycles. The van der Waals surface area contributed by atoms with Crippen molar-refractivity contribution < 1.29 is 0 Å². The lowest BCUT2D eigenvalue weighted by Crippen LogP contribution is -2.16. The fraction of sp³-hybridized carbons (Fsp3) is 0.308. The zero-order valence-corrected chi connectivity index (χ0v) is 9.41. The van der Waals surface area contributed by atoms with Gasteiger partial charge in [-0.1, -0.05) is 39.0 Å². The first kappa shape index (κ1) is 9.97. The molecule has 0 spiro atoms. The maximum absolute atomic E-state index is 4.31. The normalized spacial score (nSPS) is 15.0. The number of nitrogens with zero attached hydrogens (tertiary/aromatic N) is 1. The highest BCUT2D eigenvalue weighted by molar-refractivity contribution is 5.89. The van der Waals surface area contributed by atoms with Crippen LogP contribution in [0.15, 0.2) is 41.2 Å². The Bertz CT molecular complexity index is 422. The Labute approximate surface area is 90.7 Å². The number of benzene rings is 1. The molecule has 2 nitrogen and oxygen atoms in total. The fourth-order valence-corrected chi connectivity index (χ4v) is 1.47. The van der Waals surface area contributed by atoms with Gasteiger partial charge in [0.05, 0.1) is 0 Å². The van der Waals surface area contributed by atoms with Crippen LogP contribution in [0.2, 0.25) is 0 Å². The van der Waals surface area contributed by atoms with Crippen molar-refractivity contribution in [3.63, 3.8) is 0 Å². The summed E-state index contributed by atoms with van der Waals surface area (Å²) in [5.74, 6) is 0. The van der Waals surface area contributed by atoms with Crippen LogP contribution < -0.4 is 5.32 Å². The van der Waals surface area contributed by atoms with E-state index in [0.717, 1.165) is 16.9 Å². The van der Waals surface area contributed by atoms with E-state index in [1.807, 2.05) is 24.5 Å². The van der Waals surface area contributed by atoms with E-state index >= 15 is 0 Å².